The highest BCUT2D eigenvalue weighted by molar-refractivity contribution is 7.07. The third kappa shape index (κ3) is 3.70. The second-order valence-electron chi connectivity index (χ2n) is 7.39. The number of aromatic nitrogens is 1. The SMILES string of the molecule is CN(C)CCNC(=O)[C@@]1(Cc2cscn2)C[C@H]2CC[C@@H]1N2CC(=O)O. The Bertz CT molecular complexity index is 621. The van der Waals surface area contributed by atoms with Crippen LogP contribution in [-0.2, 0) is 16.0 Å². The fourth-order valence-corrected chi connectivity index (χ4v) is 4.99. The van der Waals surface area contributed by atoms with Gasteiger partial charge in [0.25, 0.3) is 0 Å². The molecule has 0 saturated carbocycles. The van der Waals surface area contributed by atoms with E-state index in [0.717, 1.165) is 31.5 Å². The first-order valence-electron chi connectivity index (χ1n) is 8.70. The van der Waals surface area contributed by atoms with Crippen molar-refractivity contribution in [2.24, 2.45) is 5.41 Å². The number of carbonyl (C=O) groups is 2. The number of nitrogens with zero attached hydrogens (tertiary/aromatic N) is 3. The van der Waals surface area contributed by atoms with Gasteiger partial charge >= 0.3 is 5.97 Å². The molecule has 3 atom stereocenters. The number of hydrogen-bond donors (Lipinski definition) is 2. The van der Waals surface area contributed by atoms with Crippen molar-refractivity contribution in [1.82, 2.24) is 20.1 Å². The maximum Gasteiger partial charge on any atom is 0.317 e. The van der Waals surface area contributed by atoms with Crippen molar-refractivity contribution in [2.45, 2.75) is 37.8 Å². The molecule has 0 spiro atoms. The van der Waals surface area contributed by atoms with E-state index in [1.54, 1.807) is 5.51 Å². The minimum Gasteiger partial charge on any atom is -0.480 e. The van der Waals surface area contributed by atoms with Crippen LogP contribution in [0.15, 0.2) is 10.9 Å². The second-order valence-corrected chi connectivity index (χ2v) is 8.11. The standard InChI is InChI=1S/C17H26N4O3S/c1-20(2)6-5-18-16(24)17(7-12-10-25-11-19-12)8-13-3-4-14(17)21(13)9-15(22)23/h10-11,13-14H,3-9H2,1-2H3,(H,18,24)(H,22,23)/t13-,14+,17+/m1/s1. The van der Waals surface area contributed by atoms with Crippen molar-refractivity contribution in [3.63, 3.8) is 0 Å². The number of nitrogens with one attached hydrogen (secondary N) is 1. The fraction of sp³-hybridized carbons (Fsp3) is 0.706. The van der Waals surface area contributed by atoms with Gasteiger partial charge in [-0.1, -0.05) is 0 Å². The van der Waals surface area contributed by atoms with Crippen LogP contribution in [0.2, 0.25) is 0 Å². The third-order valence-corrected chi connectivity index (χ3v) is 6.11. The van der Waals surface area contributed by atoms with E-state index < -0.39 is 11.4 Å². The van der Waals surface area contributed by atoms with Crippen LogP contribution in [0.3, 0.4) is 0 Å². The Morgan fingerprint density at radius 3 is 2.92 bits per heavy atom. The highest BCUT2D eigenvalue weighted by atomic mass is 32.1. The highest BCUT2D eigenvalue weighted by Crippen LogP contribution is 2.51. The summed E-state index contributed by atoms with van der Waals surface area (Å²) in [5.74, 6) is -0.778. The first kappa shape index (κ1) is 18.3. The lowest BCUT2D eigenvalue weighted by Crippen LogP contribution is -2.51. The normalized spacial score (nSPS) is 28.6. The maximum atomic E-state index is 13.2. The maximum absolute atomic E-state index is 13.2. The lowest BCUT2D eigenvalue weighted by molar-refractivity contribution is -0.140. The molecule has 2 fully saturated rings. The number of rotatable bonds is 8. The van der Waals surface area contributed by atoms with Gasteiger partial charge in [-0.2, -0.15) is 0 Å². The van der Waals surface area contributed by atoms with Crippen LogP contribution in [0, 0.1) is 5.41 Å². The van der Waals surface area contributed by atoms with Crippen LogP contribution in [0.4, 0.5) is 0 Å². The average Bonchev–Trinajstić information content (AvgIpc) is 3.23. The summed E-state index contributed by atoms with van der Waals surface area (Å²) in [5, 5.41) is 14.3. The van der Waals surface area contributed by atoms with E-state index in [4.69, 9.17) is 0 Å². The Labute approximate surface area is 152 Å². The van der Waals surface area contributed by atoms with Gasteiger partial charge in [0.05, 0.1) is 23.2 Å². The molecule has 1 aromatic rings. The molecule has 138 valence electrons. The summed E-state index contributed by atoms with van der Waals surface area (Å²) in [4.78, 5) is 32.9. The number of likely N-dealkylation sites (N-methyl/N-ethyl adjacent to an activating group) is 1. The van der Waals surface area contributed by atoms with E-state index in [1.807, 2.05) is 29.3 Å². The number of carboxylic acids is 1. The van der Waals surface area contributed by atoms with E-state index in [1.165, 1.54) is 11.3 Å². The van der Waals surface area contributed by atoms with Crippen LogP contribution in [0.1, 0.15) is 25.0 Å². The summed E-state index contributed by atoms with van der Waals surface area (Å²) in [5.41, 5.74) is 2.14. The Balaban J connectivity index is 1.81. The lowest BCUT2D eigenvalue weighted by atomic mass is 9.70. The van der Waals surface area contributed by atoms with E-state index in [-0.39, 0.29) is 24.5 Å². The summed E-state index contributed by atoms with van der Waals surface area (Å²) in [7, 11) is 3.95. The summed E-state index contributed by atoms with van der Waals surface area (Å²) in [6.07, 6.45) is 3.16. The van der Waals surface area contributed by atoms with Gasteiger partial charge in [-0.05, 0) is 33.4 Å². The first-order chi connectivity index (χ1) is 11.9. The van der Waals surface area contributed by atoms with Crippen molar-refractivity contribution in [3.8, 4) is 0 Å². The molecular formula is C17H26N4O3S. The molecule has 8 heteroatoms. The predicted octanol–water partition coefficient (Wildman–Crippen LogP) is 0.671. The summed E-state index contributed by atoms with van der Waals surface area (Å²) < 4.78 is 0. The molecule has 2 aliphatic heterocycles. The van der Waals surface area contributed by atoms with E-state index in [9.17, 15) is 14.7 Å². The van der Waals surface area contributed by atoms with Gasteiger partial charge in [0, 0.05) is 37.0 Å². The number of fused-ring (bicyclic) bond motifs is 2. The van der Waals surface area contributed by atoms with Gasteiger partial charge in [0.15, 0.2) is 0 Å². The second kappa shape index (κ2) is 7.39. The van der Waals surface area contributed by atoms with Gasteiger partial charge < -0.3 is 15.3 Å². The molecule has 2 bridgehead atoms. The summed E-state index contributed by atoms with van der Waals surface area (Å²) in [6.45, 7) is 1.39. The van der Waals surface area contributed by atoms with Gasteiger partial charge in [-0.3, -0.25) is 14.5 Å². The monoisotopic (exact) mass is 366 g/mol. The number of hydrogen-bond acceptors (Lipinski definition) is 6. The van der Waals surface area contributed by atoms with Crippen molar-refractivity contribution < 1.29 is 14.7 Å². The Hall–Kier alpha value is -1.51. The zero-order valence-corrected chi connectivity index (χ0v) is 15.6. The minimum absolute atomic E-state index is 0.0130. The largest absolute Gasteiger partial charge is 0.480 e. The molecule has 0 unspecified atom stereocenters. The smallest absolute Gasteiger partial charge is 0.317 e. The molecule has 2 N–H and O–H groups in total. The topological polar surface area (TPSA) is 85.8 Å². The van der Waals surface area contributed by atoms with Crippen molar-refractivity contribution in [1.29, 1.82) is 0 Å². The molecule has 1 aromatic heterocycles. The van der Waals surface area contributed by atoms with Gasteiger partial charge in [0.2, 0.25) is 5.91 Å². The van der Waals surface area contributed by atoms with Crippen LogP contribution < -0.4 is 5.32 Å². The Morgan fingerprint density at radius 1 is 1.48 bits per heavy atom. The zero-order valence-electron chi connectivity index (χ0n) is 14.8. The van der Waals surface area contributed by atoms with Gasteiger partial charge in [0.1, 0.15) is 0 Å². The first-order valence-corrected chi connectivity index (χ1v) is 9.64. The molecule has 3 rings (SSSR count). The molecule has 0 aliphatic carbocycles. The number of thiazole rings is 1. The van der Waals surface area contributed by atoms with Gasteiger partial charge in [-0.25, -0.2) is 4.98 Å². The molecule has 1 amide bonds. The number of amides is 1. The zero-order chi connectivity index (χ0) is 18.0. The molecule has 0 radical (unpaired) electrons. The molecule has 0 aromatic carbocycles. The van der Waals surface area contributed by atoms with Crippen molar-refractivity contribution in [2.75, 3.05) is 33.7 Å². The lowest BCUT2D eigenvalue weighted by Gasteiger charge is -2.36. The quantitative estimate of drug-likeness (QED) is 0.703. The Morgan fingerprint density at radius 2 is 2.28 bits per heavy atom. The molecule has 25 heavy (non-hydrogen) atoms. The molecular weight excluding hydrogens is 340 g/mol. The number of carboxylic acid groups (broad SMARTS) is 1. The summed E-state index contributed by atoms with van der Waals surface area (Å²) >= 11 is 1.53. The predicted molar refractivity (Wildman–Crippen MR) is 95.6 cm³/mol. The van der Waals surface area contributed by atoms with E-state index >= 15 is 0 Å². The van der Waals surface area contributed by atoms with Crippen molar-refractivity contribution in [3.05, 3.63) is 16.6 Å². The third-order valence-electron chi connectivity index (χ3n) is 5.48. The highest BCUT2D eigenvalue weighted by Gasteiger charge is 2.59. The van der Waals surface area contributed by atoms with Crippen LogP contribution in [0.25, 0.3) is 0 Å². The molecule has 2 saturated heterocycles. The minimum atomic E-state index is -0.825. The van der Waals surface area contributed by atoms with Crippen LogP contribution in [0.5, 0.6) is 0 Å². The molecule has 2 aliphatic rings. The fourth-order valence-electron chi connectivity index (χ4n) is 4.43. The summed E-state index contributed by atoms with van der Waals surface area (Å²) in [6, 6.07) is 0.161. The van der Waals surface area contributed by atoms with Crippen LogP contribution >= 0.6 is 11.3 Å². The van der Waals surface area contributed by atoms with Gasteiger partial charge in [-0.15, -0.1) is 11.3 Å². The van der Waals surface area contributed by atoms with Crippen molar-refractivity contribution >= 4 is 23.2 Å². The van der Waals surface area contributed by atoms with E-state index in [2.05, 4.69) is 10.3 Å². The molecule has 3 heterocycles. The molecule has 7 nitrogen and oxygen atoms in total. The number of carbonyl (C=O) groups excluding carboxylic acids is 1. The Kier molecular flexibility index (Phi) is 5.41. The van der Waals surface area contributed by atoms with E-state index in [0.29, 0.717) is 13.0 Å². The van der Waals surface area contributed by atoms with Crippen LogP contribution in [-0.4, -0.2) is 77.6 Å². The average molecular weight is 366 g/mol. The number of aliphatic carboxylic acids is 1.